The van der Waals surface area contributed by atoms with E-state index in [0.29, 0.717) is 37.4 Å². The van der Waals surface area contributed by atoms with Crippen molar-refractivity contribution in [2.24, 2.45) is 0 Å². The number of Topliss-reactive ketones (excluding diaryl/α,β-unsaturated/α-hetero) is 1. The number of ether oxygens (including phenoxy) is 1. The van der Waals surface area contributed by atoms with Crippen molar-refractivity contribution in [2.75, 3.05) is 44.7 Å². The minimum atomic E-state index is -0.385. The Hall–Kier alpha value is -1.95. The van der Waals surface area contributed by atoms with E-state index in [2.05, 4.69) is 4.74 Å². The second-order valence-electron chi connectivity index (χ2n) is 5.06. The van der Waals surface area contributed by atoms with Gasteiger partial charge in [0, 0.05) is 31.7 Å². The molecule has 0 aromatic heterocycles. The van der Waals surface area contributed by atoms with E-state index in [0.717, 1.165) is 0 Å². The summed E-state index contributed by atoms with van der Waals surface area (Å²) in [5.74, 6) is -0.798. The molecule has 0 aliphatic carbocycles. The van der Waals surface area contributed by atoms with Crippen LogP contribution in [0.3, 0.4) is 0 Å². The summed E-state index contributed by atoms with van der Waals surface area (Å²) in [6.07, 6.45) is 0. The van der Waals surface area contributed by atoms with Crippen LogP contribution < -0.4 is 4.90 Å². The van der Waals surface area contributed by atoms with Crippen molar-refractivity contribution in [3.8, 4) is 0 Å². The highest BCUT2D eigenvalue weighted by molar-refractivity contribution is 5.94. The summed E-state index contributed by atoms with van der Waals surface area (Å²) in [4.78, 5) is 26.3. The first kappa shape index (κ1) is 15.4. The summed E-state index contributed by atoms with van der Waals surface area (Å²) in [7, 11) is 1.37. The van der Waals surface area contributed by atoms with Crippen molar-refractivity contribution < 1.29 is 18.7 Å². The fourth-order valence-corrected chi connectivity index (χ4v) is 2.38. The Morgan fingerprint density at radius 3 is 2.43 bits per heavy atom. The van der Waals surface area contributed by atoms with Crippen LogP contribution in [-0.2, 0) is 9.53 Å². The SMILES string of the molecule is COC(=O)CN1CCN(c2ccc(C(C)=O)cc2F)CC1. The molecule has 0 bridgehead atoms. The average molecular weight is 294 g/mol. The van der Waals surface area contributed by atoms with E-state index in [-0.39, 0.29) is 24.1 Å². The number of piperazine rings is 1. The van der Waals surface area contributed by atoms with Crippen molar-refractivity contribution in [1.82, 2.24) is 4.90 Å². The number of benzene rings is 1. The Bertz CT molecular complexity index is 540. The van der Waals surface area contributed by atoms with Crippen LogP contribution in [0.5, 0.6) is 0 Å². The maximum atomic E-state index is 14.1. The summed E-state index contributed by atoms with van der Waals surface area (Å²) in [6, 6.07) is 4.56. The molecule has 1 heterocycles. The molecule has 1 aliphatic heterocycles. The van der Waals surface area contributed by atoms with Crippen LogP contribution in [0.4, 0.5) is 10.1 Å². The summed E-state index contributed by atoms with van der Waals surface area (Å²) in [5.41, 5.74) is 0.873. The van der Waals surface area contributed by atoms with Crippen molar-refractivity contribution in [1.29, 1.82) is 0 Å². The number of anilines is 1. The third-order valence-electron chi connectivity index (χ3n) is 3.65. The van der Waals surface area contributed by atoms with Gasteiger partial charge in [-0.3, -0.25) is 14.5 Å². The standard InChI is InChI=1S/C15H19FN2O3/c1-11(19)12-3-4-14(13(16)9-12)18-7-5-17(6-8-18)10-15(20)21-2/h3-4,9H,5-8,10H2,1-2H3. The second-order valence-corrected chi connectivity index (χ2v) is 5.06. The first-order valence-electron chi connectivity index (χ1n) is 6.86. The Kier molecular flexibility index (Phi) is 4.90. The monoisotopic (exact) mass is 294 g/mol. The third kappa shape index (κ3) is 3.78. The molecule has 1 aliphatic rings. The molecule has 114 valence electrons. The zero-order valence-electron chi connectivity index (χ0n) is 12.3. The van der Waals surface area contributed by atoms with E-state index in [9.17, 15) is 14.0 Å². The topological polar surface area (TPSA) is 49.9 Å². The lowest BCUT2D eigenvalue weighted by Crippen LogP contribution is -2.48. The first-order valence-corrected chi connectivity index (χ1v) is 6.86. The molecule has 0 unspecified atom stereocenters. The molecule has 1 aromatic rings. The number of rotatable bonds is 4. The van der Waals surface area contributed by atoms with Gasteiger partial charge in [-0.05, 0) is 25.1 Å². The highest BCUT2D eigenvalue weighted by Crippen LogP contribution is 2.22. The van der Waals surface area contributed by atoms with Gasteiger partial charge in [-0.25, -0.2) is 4.39 Å². The zero-order chi connectivity index (χ0) is 15.4. The fourth-order valence-electron chi connectivity index (χ4n) is 2.38. The molecule has 1 aromatic carbocycles. The lowest BCUT2D eigenvalue weighted by molar-refractivity contribution is -0.142. The van der Waals surface area contributed by atoms with E-state index < -0.39 is 0 Å². The molecular formula is C15H19FN2O3. The molecular weight excluding hydrogens is 275 g/mol. The zero-order valence-corrected chi connectivity index (χ0v) is 12.3. The van der Waals surface area contributed by atoms with Crippen LogP contribution in [-0.4, -0.2) is 56.5 Å². The van der Waals surface area contributed by atoms with Crippen LogP contribution >= 0.6 is 0 Å². The number of carbonyl (C=O) groups is 2. The van der Waals surface area contributed by atoms with Crippen molar-refractivity contribution >= 4 is 17.4 Å². The normalized spacial score (nSPS) is 15.9. The lowest BCUT2D eigenvalue weighted by atomic mass is 10.1. The maximum Gasteiger partial charge on any atom is 0.319 e. The number of nitrogens with zero attached hydrogens (tertiary/aromatic N) is 2. The quantitative estimate of drug-likeness (QED) is 0.619. The van der Waals surface area contributed by atoms with Gasteiger partial charge in [-0.2, -0.15) is 0 Å². The summed E-state index contributed by atoms with van der Waals surface area (Å²) < 4.78 is 18.7. The van der Waals surface area contributed by atoms with Gasteiger partial charge < -0.3 is 9.64 Å². The number of ketones is 1. The van der Waals surface area contributed by atoms with E-state index in [1.54, 1.807) is 12.1 Å². The summed E-state index contributed by atoms with van der Waals surface area (Å²) in [6.45, 7) is 4.28. The Balaban J connectivity index is 1.99. The molecule has 0 radical (unpaired) electrons. The minimum absolute atomic E-state index is 0.150. The molecule has 2 rings (SSSR count). The van der Waals surface area contributed by atoms with Gasteiger partial charge in [0.15, 0.2) is 5.78 Å². The Morgan fingerprint density at radius 2 is 1.90 bits per heavy atom. The van der Waals surface area contributed by atoms with Crippen LogP contribution in [0.15, 0.2) is 18.2 Å². The Labute approximate surface area is 123 Å². The van der Waals surface area contributed by atoms with E-state index in [4.69, 9.17) is 0 Å². The molecule has 0 amide bonds. The first-order chi connectivity index (χ1) is 10.0. The molecule has 0 spiro atoms. The molecule has 0 N–H and O–H groups in total. The van der Waals surface area contributed by atoms with Gasteiger partial charge in [0.05, 0.1) is 19.3 Å². The molecule has 21 heavy (non-hydrogen) atoms. The molecule has 0 atom stereocenters. The lowest BCUT2D eigenvalue weighted by Gasteiger charge is -2.35. The van der Waals surface area contributed by atoms with Gasteiger partial charge in [0.2, 0.25) is 0 Å². The third-order valence-corrected chi connectivity index (χ3v) is 3.65. The van der Waals surface area contributed by atoms with Crippen molar-refractivity contribution in [2.45, 2.75) is 6.92 Å². The smallest absolute Gasteiger partial charge is 0.319 e. The van der Waals surface area contributed by atoms with Crippen LogP contribution in [0.2, 0.25) is 0 Å². The van der Waals surface area contributed by atoms with Gasteiger partial charge in [0.1, 0.15) is 5.82 Å². The molecule has 6 heteroatoms. The van der Waals surface area contributed by atoms with E-state index >= 15 is 0 Å². The summed E-state index contributed by atoms with van der Waals surface area (Å²) >= 11 is 0. The van der Waals surface area contributed by atoms with Gasteiger partial charge in [-0.1, -0.05) is 0 Å². The molecule has 0 saturated carbocycles. The predicted molar refractivity (Wildman–Crippen MR) is 77.1 cm³/mol. The molecule has 5 nitrogen and oxygen atoms in total. The average Bonchev–Trinajstić information content (AvgIpc) is 2.48. The predicted octanol–water partition coefficient (Wildman–Crippen LogP) is 1.32. The largest absolute Gasteiger partial charge is 0.468 e. The number of hydrogen-bond donors (Lipinski definition) is 0. The number of hydrogen-bond acceptors (Lipinski definition) is 5. The summed E-state index contributed by atoms with van der Waals surface area (Å²) in [5, 5.41) is 0. The second kappa shape index (κ2) is 6.67. The number of methoxy groups -OCH3 is 1. The van der Waals surface area contributed by atoms with Crippen LogP contribution in [0.25, 0.3) is 0 Å². The van der Waals surface area contributed by atoms with Crippen molar-refractivity contribution in [3.63, 3.8) is 0 Å². The number of carbonyl (C=O) groups excluding carboxylic acids is 2. The fraction of sp³-hybridized carbons (Fsp3) is 0.467. The van der Waals surface area contributed by atoms with Gasteiger partial charge >= 0.3 is 5.97 Å². The number of esters is 1. The van der Waals surface area contributed by atoms with Gasteiger partial charge in [0.25, 0.3) is 0 Å². The van der Waals surface area contributed by atoms with Crippen molar-refractivity contribution in [3.05, 3.63) is 29.6 Å². The van der Waals surface area contributed by atoms with Crippen LogP contribution in [0.1, 0.15) is 17.3 Å². The van der Waals surface area contributed by atoms with Gasteiger partial charge in [-0.15, -0.1) is 0 Å². The Morgan fingerprint density at radius 1 is 1.24 bits per heavy atom. The van der Waals surface area contributed by atoms with E-state index in [1.165, 1.54) is 20.1 Å². The molecule has 1 saturated heterocycles. The van der Waals surface area contributed by atoms with Crippen LogP contribution in [0, 0.1) is 5.82 Å². The minimum Gasteiger partial charge on any atom is -0.468 e. The molecule has 1 fully saturated rings. The van der Waals surface area contributed by atoms with E-state index in [1.807, 2.05) is 9.80 Å². The maximum absolute atomic E-state index is 14.1. The highest BCUT2D eigenvalue weighted by atomic mass is 19.1. The highest BCUT2D eigenvalue weighted by Gasteiger charge is 2.21. The number of halogens is 1.